The third-order valence-corrected chi connectivity index (χ3v) is 2.83. The largest absolute Gasteiger partial charge is 0.389 e. The van der Waals surface area contributed by atoms with Gasteiger partial charge in [0, 0.05) is 19.5 Å². The van der Waals surface area contributed by atoms with Crippen LogP contribution in [0.15, 0.2) is 18.2 Å². The number of aliphatic hydroxyl groups is 1. The molecule has 1 aromatic carbocycles. The first-order valence-corrected chi connectivity index (χ1v) is 5.46. The van der Waals surface area contributed by atoms with Crippen LogP contribution in [0.4, 0.5) is 8.78 Å². The number of nitrogens with zero attached hydrogens (tertiary/aromatic N) is 1. The van der Waals surface area contributed by atoms with Crippen LogP contribution in [-0.4, -0.2) is 35.1 Å². The van der Waals surface area contributed by atoms with Crippen LogP contribution < -0.4 is 0 Å². The van der Waals surface area contributed by atoms with E-state index < -0.39 is 17.7 Å². The summed E-state index contributed by atoms with van der Waals surface area (Å²) >= 11 is 0. The van der Waals surface area contributed by atoms with Gasteiger partial charge in [0.1, 0.15) is 0 Å². The molecule has 1 saturated heterocycles. The van der Waals surface area contributed by atoms with E-state index in [-0.39, 0.29) is 12.3 Å². The van der Waals surface area contributed by atoms with Gasteiger partial charge in [-0.2, -0.15) is 0 Å². The van der Waals surface area contributed by atoms with Crippen LogP contribution in [0, 0.1) is 11.6 Å². The first kappa shape index (κ1) is 12.0. The highest BCUT2D eigenvalue weighted by Crippen LogP contribution is 2.13. The molecule has 1 aliphatic heterocycles. The van der Waals surface area contributed by atoms with Gasteiger partial charge in [0.15, 0.2) is 11.6 Å². The van der Waals surface area contributed by atoms with Gasteiger partial charge in [-0.05, 0) is 24.1 Å². The summed E-state index contributed by atoms with van der Waals surface area (Å²) in [7, 11) is 0. The van der Waals surface area contributed by atoms with E-state index in [2.05, 4.69) is 0 Å². The molecule has 0 saturated carbocycles. The Balaban J connectivity index is 1.85. The summed E-state index contributed by atoms with van der Waals surface area (Å²) in [5, 5.41) is 9.03. The van der Waals surface area contributed by atoms with E-state index in [1.165, 1.54) is 6.07 Å². The Bertz CT molecular complexity index is 431. The summed E-state index contributed by atoms with van der Waals surface area (Å²) in [5.74, 6) is -1.85. The van der Waals surface area contributed by atoms with Crippen LogP contribution >= 0.6 is 0 Å². The zero-order valence-electron chi connectivity index (χ0n) is 9.20. The lowest BCUT2D eigenvalue weighted by Crippen LogP contribution is -2.53. The van der Waals surface area contributed by atoms with Crippen LogP contribution in [0.1, 0.15) is 12.0 Å². The lowest BCUT2D eigenvalue weighted by atomic mass is 10.1. The van der Waals surface area contributed by atoms with Crippen molar-refractivity contribution in [1.29, 1.82) is 0 Å². The van der Waals surface area contributed by atoms with Crippen molar-refractivity contribution in [3.8, 4) is 0 Å². The smallest absolute Gasteiger partial charge is 0.223 e. The molecule has 17 heavy (non-hydrogen) atoms. The maximum atomic E-state index is 12.9. The van der Waals surface area contributed by atoms with Crippen LogP contribution in [0.5, 0.6) is 0 Å². The van der Waals surface area contributed by atoms with E-state index in [1.54, 1.807) is 4.90 Å². The Kier molecular flexibility index (Phi) is 3.38. The molecule has 0 radical (unpaired) electrons. The maximum Gasteiger partial charge on any atom is 0.223 e. The average Bonchev–Trinajstić information content (AvgIpc) is 2.26. The summed E-state index contributed by atoms with van der Waals surface area (Å²) in [6.45, 7) is 0.743. The van der Waals surface area contributed by atoms with E-state index in [1.807, 2.05) is 0 Å². The van der Waals surface area contributed by atoms with E-state index in [0.717, 1.165) is 12.1 Å². The number of rotatable bonds is 3. The van der Waals surface area contributed by atoms with Gasteiger partial charge in [0.05, 0.1) is 6.10 Å². The molecule has 0 bridgehead atoms. The number of likely N-dealkylation sites (tertiary alicyclic amines) is 1. The number of aryl methyl sites for hydroxylation is 1. The van der Waals surface area contributed by atoms with Gasteiger partial charge in [0.2, 0.25) is 5.91 Å². The predicted octanol–water partition coefficient (Wildman–Crippen LogP) is 1.10. The fourth-order valence-corrected chi connectivity index (χ4v) is 1.76. The molecular weight excluding hydrogens is 228 g/mol. The van der Waals surface area contributed by atoms with Crippen molar-refractivity contribution < 1.29 is 18.7 Å². The summed E-state index contributed by atoms with van der Waals surface area (Å²) in [6, 6.07) is 3.63. The highest BCUT2D eigenvalue weighted by Gasteiger charge is 2.28. The van der Waals surface area contributed by atoms with Gasteiger partial charge in [-0.25, -0.2) is 8.78 Å². The summed E-state index contributed by atoms with van der Waals surface area (Å²) in [5.41, 5.74) is 0.596. The van der Waals surface area contributed by atoms with Crippen molar-refractivity contribution in [3.63, 3.8) is 0 Å². The molecule has 1 N–H and O–H groups in total. The topological polar surface area (TPSA) is 40.5 Å². The minimum Gasteiger partial charge on any atom is -0.389 e. The monoisotopic (exact) mass is 241 g/mol. The zero-order valence-corrected chi connectivity index (χ0v) is 9.20. The van der Waals surface area contributed by atoms with Gasteiger partial charge in [-0.1, -0.05) is 6.07 Å². The van der Waals surface area contributed by atoms with Crippen molar-refractivity contribution >= 4 is 5.91 Å². The number of hydrogen-bond acceptors (Lipinski definition) is 2. The van der Waals surface area contributed by atoms with E-state index in [9.17, 15) is 13.6 Å². The molecule has 2 rings (SSSR count). The molecule has 1 aromatic rings. The van der Waals surface area contributed by atoms with Crippen molar-refractivity contribution in [2.24, 2.45) is 0 Å². The lowest BCUT2D eigenvalue weighted by Gasteiger charge is -2.35. The van der Waals surface area contributed by atoms with Gasteiger partial charge < -0.3 is 10.0 Å². The van der Waals surface area contributed by atoms with Gasteiger partial charge in [0.25, 0.3) is 0 Å². The molecule has 1 aliphatic rings. The van der Waals surface area contributed by atoms with Crippen LogP contribution in [-0.2, 0) is 11.2 Å². The second kappa shape index (κ2) is 4.79. The Morgan fingerprint density at radius 1 is 1.35 bits per heavy atom. The maximum absolute atomic E-state index is 12.9. The fraction of sp³-hybridized carbons (Fsp3) is 0.417. The van der Waals surface area contributed by atoms with E-state index in [4.69, 9.17) is 5.11 Å². The van der Waals surface area contributed by atoms with Crippen LogP contribution in [0.25, 0.3) is 0 Å². The second-order valence-electron chi connectivity index (χ2n) is 4.20. The molecule has 1 fully saturated rings. The zero-order chi connectivity index (χ0) is 12.4. The van der Waals surface area contributed by atoms with Gasteiger partial charge >= 0.3 is 0 Å². The molecular formula is C12H13F2NO2. The van der Waals surface area contributed by atoms with Gasteiger partial charge in [-0.15, -0.1) is 0 Å². The third kappa shape index (κ3) is 2.79. The third-order valence-electron chi connectivity index (χ3n) is 2.83. The number of carbonyl (C=O) groups excluding carboxylic acids is 1. The van der Waals surface area contributed by atoms with Crippen LogP contribution in [0.2, 0.25) is 0 Å². The van der Waals surface area contributed by atoms with Crippen molar-refractivity contribution in [2.75, 3.05) is 13.1 Å². The minimum absolute atomic E-state index is 0.0694. The Labute approximate surface area is 97.7 Å². The minimum atomic E-state index is -0.894. The molecule has 0 unspecified atom stereocenters. The van der Waals surface area contributed by atoms with Crippen molar-refractivity contribution in [3.05, 3.63) is 35.4 Å². The van der Waals surface area contributed by atoms with Crippen molar-refractivity contribution in [1.82, 2.24) is 4.90 Å². The molecule has 1 heterocycles. The number of amides is 1. The molecule has 3 nitrogen and oxygen atoms in total. The fourth-order valence-electron chi connectivity index (χ4n) is 1.76. The second-order valence-corrected chi connectivity index (χ2v) is 4.20. The number of β-amino-alcohol motifs (C(OH)–C–C–N with tert-alkyl or cyclic N) is 1. The molecule has 92 valence electrons. The first-order valence-electron chi connectivity index (χ1n) is 5.46. The number of benzene rings is 1. The molecule has 0 aromatic heterocycles. The quantitative estimate of drug-likeness (QED) is 0.861. The molecule has 5 heteroatoms. The standard InChI is InChI=1S/C12H13F2NO2/c13-10-3-1-8(5-11(10)14)2-4-12(17)15-6-9(16)7-15/h1,3,5,9,16H,2,4,6-7H2. The molecule has 0 aliphatic carbocycles. The number of hydrogen-bond donors (Lipinski definition) is 1. The predicted molar refractivity (Wildman–Crippen MR) is 57.3 cm³/mol. The highest BCUT2D eigenvalue weighted by atomic mass is 19.2. The molecule has 1 amide bonds. The highest BCUT2D eigenvalue weighted by molar-refractivity contribution is 5.77. The molecule has 0 spiro atoms. The van der Waals surface area contributed by atoms with Crippen LogP contribution in [0.3, 0.4) is 0 Å². The Hall–Kier alpha value is -1.49. The number of carbonyl (C=O) groups is 1. The summed E-state index contributed by atoms with van der Waals surface area (Å²) < 4.78 is 25.5. The average molecular weight is 241 g/mol. The Morgan fingerprint density at radius 2 is 2.06 bits per heavy atom. The lowest BCUT2D eigenvalue weighted by molar-refractivity contribution is -0.141. The first-order chi connectivity index (χ1) is 8.06. The number of aliphatic hydroxyl groups excluding tert-OH is 1. The van der Waals surface area contributed by atoms with E-state index >= 15 is 0 Å². The summed E-state index contributed by atoms with van der Waals surface area (Å²) in [6.07, 6.45) is 0.211. The van der Waals surface area contributed by atoms with Gasteiger partial charge in [-0.3, -0.25) is 4.79 Å². The number of halogens is 2. The normalized spacial score (nSPS) is 15.8. The van der Waals surface area contributed by atoms with Crippen molar-refractivity contribution in [2.45, 2.75) is 18.9 Å². The molecule has 0 atom stereocenters. The SMILES string of the molecule is O=C(CCc1ccc(F)c(F)c1)N1CC(O)C1. The summed E-state index contributed by atoms with van der Waals surface area (Å²) in [4.78, 5) is 13.1. The Morgan fingerprint density at radius 3 is 2.65 bits per heavy atom. The van der Waals surface area contributed by atoms with E-state index in [0.29, 0.717) is 25.1 Å².